The van der Waals surface area contributed by atoms with Gasteiger partial charge in [-0.05, 0) is 41.2 Å². The Labute approximate surface area is 167 Å². The van der Waals surface area contributed by atoms with Crippen LogP contribution in [0.15, 0.2) is 48.5 Å². The molecule has 0 aromatic heterocycles. The third-order valence-corrected chi connectivity index (χ3v) is 5.52. The zero-order valence-electron chi connectivity index (χ0n) is 15.6. The summed E-state index contributed by atoms with van der Waals surface area (Å²) in [6.45, 7) is 2.82. The van der Waals surface area contributed by atoms with Gasteiger partial charge in [-0.2, -0.15) is 0 Å². The zero-order chi connectivity index (χ0) is 20.1. The van der Waals surface area contributed by atoms with Crippen LogP contribution in [0.1, 0.15) is 24.5 Å². The molecule has 2 aromatic rings. The fourth-order valence-corrected chi connectivity index (χ4v) is 4.02. The van der Waals surface area contributed by atoms with Gasteiger partial charge in [0.05, 0.1) is 5.25 Å². The van der Waals surface area contributed by atoms with Crippen LogP contribution in [-0.4, -0.2) is 39.0 Å². The maximum atomic E-state index is 11.7. The van der Waals surface area contributed by atoms with E-state index in [9.17, 15) is 19.5 Å². The summed E-state index contributed by atoms with van der Waals surface area (Å²) in [6.07, 6.45) is 0.368. The number of carbonyl (C=O) groups excluding carboxylic acids is 2. The van der Waals surface area contributed by atoms with Crippen LogP contribution in [0.2, 0.25) is 0 Å². The predicted molar refractivity (Wildman–Crippen MR) is 109 cm³/mol. The summed E-state index contributed by atoms with van der Waals surface area (Å²) in [4.78, 5) is 35.7. The highest BCUT2D eigenvalue weighted by Gasteiger charge is 2.31. The molecule has 3 amide bonds. The lowest BCUT2D eigenvalue weighted by atomic mass is 10.00. The lowest BCUT2D eigenvalue weighted by Crippen LogP contribution is -2.29. The van der Waals surface area contributed by atoms with Crippen LogP contribution in [-0.2, 0) is 17.8 Å². The monoisotopic (exact) mass is 398 g/mol. The molecule has 1 aliphatic rings. The fraction of sp³-hybridized carbons (Fsp3) is 0.286. The third kappa shape index (κ3) is 4.92. The standard InChI is InChI=1S/C21H22N2O4S/c1-2-10-23(21(26)27)13-15-4-3-5-17(11-15)16-8-6-14(7-9-16)12-18-19(24)22-20(25)28-18/h3-9,11,18H,2,10,12-13H2,1H3,(H,26,27)(H,22,24,25). The van der Waals surface area contributed by atoms with Gasteiger partial charge in [-0.3, -0.25) is 14.9 Å². The Kier molecular flexibility index (Phi) is 6.36. The summed E-state index contributed by atoms with van der Waals surface area (Å²) in [5, 5.41) is 10.9. The number of carbonyl (C=O) groups is 3. The summed E-state index contributed by atoms with van der Waals surface area (Å²) in [7, 11) is 0. The van der Waals surface area contributed by atoms with Crippen LogP contribution in [0.4, 0.5) is 9.59 Å². The number of hydrogen-bond donors (Lipinski definition) is 2. The van der Waals surface area contributed by atoms with Gasteiger partial charge in [0.15, 0.2) is 0 Å². The molecule has 2 N–H and O–H groups in total. The van der Waals surface area contributed by atoms with Crippen LogP contribution < -0.4 is 5.32 Å². The first-order valence-corrected chi connectivity index (χ1v) is 10.0. The first kappa shape index (κ1) is 19.9. The van der Waals surface area contributed by atoms with Gasteiger partial charge in [0.25, 0.3) is 5.24 Å². The van der Waals surface area contributed by atoms with Gasteiger partial charge in [-0.25, -0.2) is 4.79 Å². The van der Waals surface area contributed by atoms with Crippen molar-refractivity contribution in [3.05, 3.63) is 59.7 Å². The van der Waals surface area contributed by atoms with Crippen LogP contribution in [0, 0.1) is 0 Å². The Hall–Kier alpha value is -2.80. The molecule has 3 rings (SSSR count). The van der Waals surface area contributed by atoms with E-state index in [1.807, 2.05) is 55.5 Å². The third-order valence-electron chi connectivity index (χ3n) is 4.54. The lowest BCUT2D eigenvalue weighted by Gasteiger charge is -2.18. The topological polar surface area (TPSA) is 86.7 Å². The van der Waals surface area contributed by atoms with Crippen molar-refractivity contribution < 1.29 is 19.5 Å². The van der Waals surface area contributed by atoms with Crippen LogP contribution in [0.3, 0.4) is 0 Å². The van der Waals surface area contributed by atoms with Gasteiger partial charge in [-0.15, -0.1) is 0 Å². The molecule has 1 atom stereocenters. The molecule has 0 spiro atoms. The summed E-state index contributed by atoms with van der Waals surface area (Å²) in [5.74, 6) is -0.234. The Morgan fingerprint density at radius 2 is 1.86 bits per heavy atom. The van der Waals surface area contributed by atoms with E-state index in [1.54, 1.807) is 0 Å². The predicted octanol–water partition coefficient (Wildman–Crippen LogP) is 4.14. The van der Waals surface area contributed by atoms with E-state index < -0.39 is 6.09 Å². The number of nitrogens with one attached hydrogen (secondary N) is 1. The van der Waals surface area contributed by atoms with Crippen molar-refractivity contribution >= 4 is 29.0 Å². The van der Waals surface area contributed by atoms with Crippen molar-refractivity contribution in [1.29, 1.82) is 0 Å². The van der Waals surface area contributed by atoms with Crippen LogP contribution in [0.25, 0.3) is 11.1 Å². The van der Waals surface area contributed by atoms with Gasteiger partial charge >= 0.3 is 6.09 Å². The second kappa shape index (κ2) is 8.93. The second-order valence-electron chi connectivity index (χ2n) is 6.69. The quantitative estimate of drug-likeness (QED) is 0.732. The molecule has 1 saturated heterocycles. The Morgan fingerprint density at radius 1 is 1.11 bits per heavy atom. The number of carboxylic acid groups (broad SMARTS) is 1. The second-order valence-corrected chi connectivity index (χ2v) is 7.86. The highest BCUT2D eigenvalue weighted by atomic mass is 32.2. The average molecular weight is 398 g/mol. The van der Waals surface area contributed by atoms with Gasteiger partial charge in [-0.1, -0.05) is 61.2 Å². The molecule has 146 valence electrons. The molecule has 7 heteroatoms. The van der Waals surface area contributed by atoms with Crippen molar-refractivity contribution in [2.24, 2.45) is 0 Å². The first-order chi connectivity index (χ1) is 13.5. The van der Waals surface area contributed by atoms with E-state index in [2.05, 4.69) is 5.32 Å². The Morgan fingerprint density at radius 3 is 2.46 bits per heavy atom. The minimum atomic E-state index is -0.913. The van der Waals surface area contributed by atoms with Crippen LogP contribution in [0.5, 0.6) is 0 Å². The normalized spacial score (nSPS) is 16.1. The molecule has 0 saturated carbocycles. The number of hydrogen-bond acceptors (Lipinski definition) is 4. The van der Waals surface area contributed by atoms with E-state index in [-0.39, 0.29) is 16.4 Å². The highest BCUT2D eigenvalue weighted by molar-refractivity contribution is 8.15. The number of benzene rings is 2. The molecular formula is C21H22N2O4S. The molecule has 1 unspecified atom stereocenters. The fourth-order valence-electron chi connectivity index (χ4n) is 3.16. The molecule has 1 aliphatic heterocycles. The molecule has 1 heterocycles. The number of thioether (sulfide) groups is 1. The van der Waals surface area contributed by atoms with Crippen molar-refractivity contribution in [2.45, 2.75) is 31.6 Å². The largest absolute Gasteiger partial charge is 0.465 e. The summed E-state index contributed by atoms with van der Waals surface area (Å²) >= 11 is 1.03. The minimum absolute atomic E-state index is 0.234. The van der Waals surface area contributed by atoms with Gasteiger partial charge < -0.3 is 10.0 Å². The zero-order valence-corrected chi connectivity index (χ0v) is 16.4. The smallest absolute Gasteiger partial charge is 0.407 e. The lowest BCUT2D eigenvalue weighted by molar-refractivity contribution is -0.118. The number of amides is 3. The summed E-state index contributed by atoms with van der Waals surface area (Å²) in [5.41, 5.74) is 3.95. The first-order valence-electron chi connectivity index (χ1n) is 9.14. The van der Waals surface area contributed by atoms with E-state index in [0.29, 0.717) is 19.5 Å². The van der Waals surface area contributed by atoms with Gasteiger partial charge in [0.1, 0.15) is 0 Å². The maximum absolute atomic E-state index is 11.7. The molecule has 0 aliphatic carbocycles. The number of rotatable bonds is 7. The SMILES string of the molecule is CCCN(Cc1cccc(-c2ccc(CC3SC(=O)NC3=O)cc2)c1)C(=O)O. The van der Waals surface area contributed by atoms with Crippen molar-refractivity contribution in [2.75, 3.05) is 6.54 Å². The molecule has 0 bridgehead atoms. The summed E-state index contributed by atoms with van der Waals surface area (Å²) < 4.78 is 0. The average Bonchev–Trinajstić information content (AvgIpc) is 2.99. The van der Waals surface area contributed by atoms with Gasteiger partial charge in [0.2, 0.25) is 5.91 Å². The summed E-state index contributed by atoms with van der Waals surface area (Å²) in [6, 6.07) is 15.7. The van der Waals surface area contributed by atoms with E-state index >= 15 is 0 Å². The molecule has 6 nitrogen and oxygen atoms in total. The van der Waals surface area contributed by atoms with E-state index in [1.165, 1.54) is 4.90 Å². The molecule has 0 radical (unpaired) electrons. The van der Waals surface area contributed by atoms with E-state index in [0.717, 1.165) is 40.4 Å². The Balaban J connectivity index is 1.70. The molecular weight excluding hydrogens is 376 g/mol. The number of imide groups is 1. The molecule has 2 aromatic carbocycles. The highest BCUT2D eigenvalue weighted by Crippen LogP contribution is 2.25. The minimum Gasteiger partial charge on any atom is -0.465 e. The molecule has 28 heavy (non-hydrogen) atoms. The molecule has 1 fully saturated rings. The van der Waals surface area contributed by atoms with Gasteiger partial charge in [0, 0.05) is 13.1 Å². The Bertz CT molecular complexity index is 882. The maximum Gasteiger partial charge on any atom is 0.407 e. The van der Waals surface area contributed by atoms with Crippen molar-refractivity contribution in [1.82, 2.24) is 10.2 Å². The van der Waals surface area contributed by atoms with E-state index in [4.69, 9.17) is 0 Å². The number of nitrogens with zero attached hydrogens (tertiary/aromatic N) is 1. The van der Waals surface area contributed by atoms with Crippen molar-refractivity contribution in [3.8, 4) is 11.1 Å². The van der Waals surface area contributed by atoms with Crippen LogP contribution >= 0.6 is 11.8 Å². The van der Waals surface area contributed by atoms with Crippen molar-refractivity contribution in [3.63, 3.8) is 0 Å².